The van der Waals surface area contributed by atoms with Gasteiger partial charge in [0, 0.05) is 12.8 Å². The summed E-state index contributed by atoms with van der Waals surface area (Å²) in [6, 6.07) is 1.36. The van der Waals surface area contributed by atoms with Gasteiger partial charge in [-0.1, -0.05) is 39.8 Å². The summed E-state index contributed by atoms with van der Waals surface area (Å²) in [4.78, 5) is 61.1. The van der Waals surface area contributed by atoms with Crippen LogP contribution in [0.3, 0.4) is 0 Å². The van der Waals surface area contributed by atoms with E-state index in [0.717, 1.165) is 0 Å². The van der Waals surface area contributed by atoms with E-state index in [2.05, 4.69) is 16.0 Å². The fraction of sp³-hybridized carbons (Fsp3) is 0.560. The van der Waals surface area contributed by atoms with Crippen molar-refractivity contribution in [3.05, 3.63) is 29.8 Å². The van der Waals surface area contributed by atoms with Gasteiger partial charge in [0.05, 0.1) is 6.04 Å². The van der Waals surface area contributed by atoms with Gasteiger partial charge in [0.2, 0.25) is 17.7 Å². The van der Waals surface area contributed by atoms with Gasteiger partial charge in [-0.05, 0) is 42.4 Å². The second-order valence-electron chi connectivity index (χ2n) is 9.73. The highest BCUT2D eigenvalue weighted by atomic mass is 16.4. The number of carboxylic acid groups (broad SMARTS) is 2. The van der Waals surface area contributed by atoms with E-state index in [1.165, 1.54) is 12.1 Å². The fourth-order valence-corrected chi connectivity index (χ4v) is 3.51. The second-order valence-corrected chi connectivity index (χ2v) is 9.73. The first-order chi connectivity index (χ1) is 17.2. The number of benzene rings is 1. The Bertz CT molecular complexity index is 949. The molecule has 8 N–H and O–H groups in total. The smallest absolute Gasteiger partial charge is 0.326 e. The molecular formula is C25H38N4O8. The number of hydrogen-bond donors (Lipinski definition) is 7. The lowest BCUT2D eigenvalue weighted by Crippen LogP contribution is -2.58. The van der Waals surface area contributed by atoms with E-state index in [0.29, 0.717) is 5.56 Å². The minimum atomic E-state index is -1.28. The molecule has 1 rings (SSSR count). The number of aromatic hydroxyl groups is 1. The van der Waals surface area contributed by atoms with Crippen molar-refractivity contribution in [1.29, 1.82) is 0 Å². The van der Waals surface area contributed by atoms with Gasteiger partial charge in [0.1, 0.15) is 23.9 Å². The Morgan fingerprint density at radius 1 is 0.838 bits per heavy atom. The van der Waals surface area contributed by atoms with Crippen molar-refractivity contribution in [2.45, 2.75) is 77.5 Å². The Labute approximate surface area is 216 Å². The molecule has 3 amide bonds. The van der Waals surface area contributed by atoms with E-state index < -0.39 is 53.8 Å². The zero-order valence-electron chi connectivity index (χ0n) is 21.6. The summed E-state index contributed by atoms with van der Waals surface area (Å²) in [5.74, 6) is -4.81. The lowest BCUT2D eigenvalue weighted by Gasteiger charge is -2.27. The van der Waals surface area contributed by atoms with E-state index in [1.807, 2.05) is 13.8 Å². The van der Waals surface area contributed by atoms with E-state index in [1.54, 1.807) is 26.0 Å². The predicted octanol–water partition coefficient (Wildman–Crippen LogP) is 0.368. The normalized spacial score (nSPS) is 14.4. The number of aliphatic carboxylic acids is 2. The van der Waals surface area contributed by atoms with Crippen molar-refractivity contribution in [1.82, 2.24) is 16.0 Å². The summed E-state index contributed by atoms with van der Waals surface area (Å²) in [6.45, 7) is 7.04. The quantitative estimate of drug-likeness (QED) is 0.169. The molecule has 12 nitrogen and oxygen atoms in total. The molecule has 0 fully saturated rings. The summed E-state index contributed by atoms with van der Waals surface area (Å²) in [7, 11) is 0. The lowest BCUT2D eigenvalue weighted by molar-refractivity contribution is -0.142. The maximum atomic E-state index is 13.1. The Kier molecular flexibility index (Phi) is 12.5. The number of carboxylic acids is 2. The molecule has 12 heteroatoms. The van der Waals surface area contributed by atoms with E-state index in [-0.39, 0.29) is 43.3 Å². The van der Waals surface area contributed by atoms with Crippen LogP contribution in [0.25, 0.3) is 0 Å². The minimum absolute atomic E-state index is 0.0222. The Morgan fingerprint density at radius 2 is 1.41 bits per heavy atom. The fourth-order valence-electron chi connectivity index (χ4n) is 3.51. The third-order valence-electron chi connectivity index (χ3n) is 5.58. The number of hydrogen-bond acceptors (Lipinski definition) is 7. The average molecular weight is 523 g/mol. The van der Waals surface area contributed by atoms with Gasteiger partial charge in [-0.2, -0.15) is 0 Å². The number of phenols is 1. The predicted molar refractivity (Wildman–Crippen MR) is 134 cm³/mol. The van der Waals surface area contributed by atoms with Crippen molar-refractivity contribution >= 4 is 29.7 Å². The maximum absolute atomic E-state index is 13.1. The van der Waals surface area contributed by atoms with Crippen molar-refractivity contribution < 1.29 is 39.3 Å². The van der Waals surface area contributed by atoms with Gasteiger partial charge >= 0.3 is 11.9 Å². The summed E-state index contributed by atoms with van der Waals surface area (Å²) in [5.41, 5.74) is 6.32. The van der Waals surface area contributed by atoms with E-state index >= 15 is 0 Å². The summed E-state index contributed by atoms with van der Waals surface area (Å²) in [6.07, 6.45) is -0.245. The molecule has 0 saturated carbocycles. The molecule has 4 unspecified atom stereocenters. The van der Waals surface area contributed by atoms with Crippen LogP contribution in [0.4, 0.5) is 0 Å². The van der Waals surface area contributed by atoms with Crippen molar-refractivity contribution in [3.8, 4) is 5.75 Å². The molecule has 0 saturated heterocycles. The lowest BCUT2D eigenvalue weighted by atomic mass is 9.98. The molecule has 0 heterocycles. The number of rotatable bonds is 15. The molecule has 37 heavy (non-hydrogen) atoms. The van der Waals surface area contributed by atoms with Crippen LogP contribution in [0.5, 0.6) is 5.75 Å². The molecule has 1 aromatic rings. The van der Waals surface area contributed by atoms with Gasteiger partial charge < -0.3 is 37.0 Å². The molecule has 0 aliphatic carbocycles. The number of carbonyl (C=O) groups excluding carboxylic acids is 3. The molecule has 0 radical (unpaired) electrons. The molecule has 206 valence electrons. The first kappa shape index (κ1) is 31.4. The largest absolute Gasteiger partial charge is 0.508 e. The highest BCUT2D eigenvalue weighted by molar-refractivity contribution is 5.94. The highest BCUT2D eigenvalue weighted by Gasteiger charge is 2.32. The maximum Gasteiger partial charge on any atom is 0.326 e. The highest BCUT2D eigenvalue weighted by Crippen LogP contribution is 2.13. The van der Waals surface area contributed by atoms with Crippen molar-refractivity contribution in [3.63, 3.8) is 0 Å². The average Bonchev–Trinajstić information content (AvgIpc) is 2.80. The van der Waals surface area contributed by atoms with Crippen LogP contribution < -0.4 is 21.7 Å². The van der Waals surface area contributed by atoms with Crippen LogP contribution in [0.15, 0.2) is 24.3 Å². The van der Waals surface area contributed by atoms with Gasteiger partial charge in [0.15, 0.2) is 0 Å². The zero-order valence-corrected chi connectivity index (χ0v) is 21.6. The molecule has 4 atom stereocenters. The van der Waals surface area contributed by atoms with E-state index in [4.69, 9.17) is 10.8 Å². The van der Waals surface area contributed by atoms with Crippen LogP contribution in [-0.4, -0.2) is 69.1 Å². The molecule has 0 aliphatic heterocycles. The molecule has 1 aromatic carbocycles. The zero-order chi connectivity index (χ0) is 28.3. The number of nitrogens with one attached hydrogen (secondary N) is 3. The molecule has 0 bridgehead atoms. The minimum Gasteiger partial charge on any atom is -0.508 e. The van der Waals surface area contributed by atoms with Crippen molar-refractivity contribution in [2.75, 3.05) is 0 Å². The SMILES string of the molecule is CC(C)CC(NC(=O)C(NC(=O)C(N)CCC(=O)O)C(C)C)C(=O)NC(Cc1ccc(O)cc1)C(=O)O. The molecule has 0 spiro atoms. The number of nitrogens with two attached hydrogens (primary N) is 1. The number of phenolic OH excluding ortho intramolecular Hbond substituents is 1. The molecule has 0 aromatic heterocycles. The standard InChI is InChI=1S/C25H38N4O8/c1-13(2)11-18(23(34)28-19(25(36)37)12-15-5-7-16(30)8-6-15)27-24(35)21(14(3)4)29-22(33)17(26)9-10-20(31)32/h5-8,13-14,17-19,21,30H,9-12,26H2,1-4H3,(H,27,35)(H,28,34)(H,29,33)(H,31,32)(H,36,37). The van der Waals surface area contributed by atoms with Gasteiger partial charge in [-0.3, -0.25) is 19.2 Å². The van der Waals surface area contributed by atoms with Crippen LogP contribution in [0.2, 0.25) is 0 Å². The monoisotopic (exact) mass is 522 g/mol. The third kappa shape index (κ3) is 11.3. The summed E-state index contributed by atoms with van der Waals surface area (Å²) in [5, 5.41) is 35.4. The third-order valence-corrected chi connectivity index (χ3v) is 5.58. The van der Waals surface area contributed by atoms with Crippen molar-refractivity contribution in [2.24, 2.45) is 17.6 Å². The van der Waals surface area contributed by atoms with Crippen LogP contribution in [-0.2, 0) is 30.4 Å². The summed E-state index contributed by atoms with van der Waals surface area (Å²) >= 11 is 0. The van der Waals surface area contributed by atoms with Gasteiger partial charge in [-0.15, -0.1) is 0 Å². The molecular weight excluding hydrogens is 484 g/mol. The van der Waals surface area contributed by atoms with Crippen LogP contribution in [0, 0.1) is 11.8 Å². The van der Waals surface area contributed by atoms with Crippen LogP contribution in [0.1, 0.15) is 52.5 Å². The Balaban J connectivity index is 2.96. The number of amides is 3. The van der Waals surface area contributed by atoms with Gasteiger partial charge in [-0.25, -0.2) is 4.79 Å². The number of carbonyl (C=O) groups is 5. The Hall–Kier alpha value is -3.67. The first-order valence-electron chi connectivity index (χ1n) is 12.1. The Morgan fingerprint density at radius 3 is 1.89 bits per heavy atom. The van der Waals surface area contributed by atoms with E-state index in [9.17, 15) is 34.2 Å². The topological polar surface area (TPSA) is 208 Å². The second kappa shape index (κ2) is 14.8. The van der Waals surface area contributed by atoms with Crippen LogP contribution >= 0.6 is 0 Å². The molecule has 0 aliphatic rings. The van der Waals surface area contributed by atoms with Gasteiger partial charge in [0.25, 0.3) is 0 Å². The first-order valence-corrected chi connectivity index (χ1v) is 12.1. The summed E-state index contributed by atoms with van der Waals surface area (Å²) < 4.78 is 0.